The molecule has 4 aromatic heterocycles. The molecule has 24 heteroatoms. The lowest BCUT2D eigenvalue weighted by Gasteiger charge is -2.31. The Morgan fingerprint density at radius 3 is 1.67 bits per heavy atom. The standard InChI is InChI=1S/C45H57N15O8S/c1-7-59-34(21-27(3)53-59)42(63)51-44-49-32-23-29(40(46)61)25-36(67-6)38(32)57(44)16-9-10-17-58-39-33(50-45(58)52-43(64)35-22-28(4)54-60(35)8-2)24-30(41(47)62)26-37(39)68-20-12-11-15-56-18-13-31(14-19-56)55-69(65,66)48-5/h9-12,21-26,31,48,55H,7-8,13-20H2,1-6H3,(H2,46,61)(H2,47,62)(H,49,51,63)(H,50,52,64)/b10-9+,12-11+. The number of anilines is 2. The Morgan fingerprint density at radius 1 is 0.725 bits per heavy atom. The number of piperidine rings is 1. The highest BCUT2D eigenvalue weighted by Gasteiger charge is 2.25. The predicted molar refractivity (Wildman–Crippen MR) is 259 cm³/mol. The van der Waals surface area contributed by atoms with Crippen LogP contribution in [0.2, 0.25) is 0 Å². The van der Waals surface area contributed by atoms with Crippen molar-refractivity contribution in [3.8, 4) is 11.5 Å². The minimum atomic E-state index is -3.52. The first-order valence-corrected chi connectivity index (χ1v) is 23.8. The number of fused-ring (bicyclic) bond motifs is 2. The van der Waals surface area contributed by atoms with E-state index in [4.69, 9.17) is 30.9 Å². The maximum Gasteiger partial charge on any atom is 0.276 e. The molecule has 0 bridgehead atoms. The summed E-state index contributed by atoms with van der Waals surface area (Å²) in [6, 6.07) is 9.29. The summed E-state index contributed by atoms with van der Waals surface area (Å²) in [4.78, 5) is 64.2. The number of rotatable bonds is 21. The Hall–Kier alpha value is -7.41. The SMILES string of the molecule is CCn1nc(C)cc1C(=O)Nc1nc2cc(C(N)=O)cc(OC)c2n1C/C=C/Cn1c(NC(=O)c2cc(C)nn2CC)nc2cc(C(N)=O)cc(OC/C=C/CN3CCC(NS(=O)(=O)NC)CC3)c21. The number of allylic oxidation sites excluding steroid dienone is 2. The highest BCUT2D eigenvalue weighted by Crippen LogP contribution is 2.33. The van der Waals surface area contributed by atoms with E-state index in [-0.39, 0.29) is 54.5 Å². The van der Waals surface area contributed by atoms with Gasteiger partial charge in [-0.3, -0.25) is 44.1 Å². The Morgan fingerprint density at radius 2 is 1.20 bits per heavy atom. The van der Waals surface area contributed by atoms with Crippen molar-refractivity contribution >= 4 is 67.8 Å². The third-order valence-corrected chi connectivity index (χ3v) is 12.7. The van der Waals surface area contributed by atoms with Gasteiger partial charge in [-0.15, -0.1) is 0 Å². The quantitative estimate of drug-likeness (QED) is 0.0567. The number of aromatic nitrogens is 8. The molecule has 6 aromatic rings. The van der Waals surface area contributed by atoms with E-state index in [0.717, 1.165) is 0 Å². The second-order valence-corrected chi connectivity index (χ2v) is 17.9. The molecule has 0 radical (unpaired) electrons. The summed E-state index contributed by atoms with van der Waals surface area (Å²) in [6.45, 7) is 10.6. The molecule has 2 aromatic carbocycles. The molecule has 0 aliphatic carbocycles. The van der Waals surface area contributed by atoms with Crippen LogP contribution in [0, 0.1) is 13.8 Å². The van der Waals surface area contributed by atoms with Crippen LogP contribution in [-0.2, 0) is 36.4 Å². The van der Waals surface area contributed by atoms with Crippen LogP contribution in [0.1, 0.15) is 79.8 Å². The van der Waals surface area contributed by atoms with E-state index in [9.17, 15) is 27.6 Å². The van der Waals surface area contributed by atoms with Gasteiger partial charge in [-0.1, -0.05) is 24.3 Å². The zero-order valence-electron chi connectivity index (χ0n) is 39.3. The van der Waals surface area contributed by atoms with Crippen molar-refractivity contribution in [2.45, 2.75) is 72.8 Å². The first-order chi connectivity index (χ1) is 33.0. The summed E-state index contributed by atoms with van der Waals surface area (Å²) in [7, 11) is -0.703. The van der Waals surface area contributed by atoms with Gasteiger partial charge >= 0.3 is 0 Å². The number of ether oxygens (including phenoxy) is 2. The molecule has 0 spiro atoms. The number of methoxy groups -OCH3 is 1. The number of nitrogens with two attached hydrogens (primary N) is 2. The molecule has 0 atom stereocenters. The highest BCUT2D eigenvalue weighted by molar-refractivity contribution is 7.87. The van der Waals surface area contributed by atoms with E-state index in [0.29, 0.717) is 96.2 Å². The van der Waals surface area contributed by atoms with Gasteiger partial charge in [0.2, 0.25) is 23.7 Å². The topological polar surface area (TPSA) is 296 Å². The maximum absolute atomic E-state index is 13.9. The van der Waals surface area contributed by atoms with E-state index >= 15 is 0 Å². The first-order valence-electron chi connectivity index (χ1n) is 22.3. The average molecular weight is 968 g/mol. The van der Waals surface area contributed by atoms with Gasteiger partial charge in [0.15, 0.2) is 0 Å². The number of imidazole rings is 2. The van der Waals surface area contributed by atoms with Crippen LogP contribution in [0.4, 0.5) is 11.9 Å². The molecular formula is C45H57N15O8S. The smallest absolute Gasteiger partial charge is 0.276 e. The van der Waals surface area contributed by atoms with Crippen molar-refractivity contribution in [1.82, 2.24) is 53.0 Å². The summed E-state index contributed by atoms with van der Waals surface area (Å²) in [5.41, 5.74) is 15.3. The second-order valence-electron chi connectivity index (χ2n) is 16.2. The second kappa shape index (κ2) is 21.3. The largest absolute Gasteiger partial charge is 0.494 e. The van der Waals surface area contributed by atoms with Gasteiger partial charge in [-0.05, 0) is 90.0 Å². The number of aryl methyl sites for hydroxylation is 4. The van der Waals surface area contributed by atoms with Gasteiger partial charge in [-0.25, -0.2) is 14.7 Å². The fourth-order valence-corrected chi connectivity index (χ4v) is 8.92. The van der Waals surface area contributed by atoms with Gasteiger partial charge < -0.3 is 30.1 Å². The Kier molecular flexibility index (Phi) is 15.3. The normalized spacial score (nSPS) is 13.8. The van der Waals surface area contributed by atoms with Crippen LogP contribution in [-0.4, -0.2) is 122 Å². The molecule has 0 unspecified atom stereocenters. The van der Waals surface area contributed by atoms with Gasteiger partial charge in [-0.2, -0.15) is 23.3 Å². The van der Waals surface area contributed by atoms with Crippen LogP contribution in [0.3, 0.4) is 0 Å². The summed E-state index contributed by atoms with van der Waals surface area (Å²) < 4.78 is 47.5. The van der Waals surface area contributed by atoms with Crippen molar-refractivity contribution in [1.29, 1.82) is 0 Å². The molecule has 1 saturated heterocycles. The fourth-order valence-electron chi connectivity index (χ4n) is 8.13. The molecule has 1 aliphatic rings. The van der Waals surface area contributed by atoms with E-state index in [2.05, 4.69) is 35.2 Å². The molecule has 4 amide bonds. The summed E-state index contributed by atoms with van der Waals surface area (Å²) in [5, 5.41) is 14.7. The molecule has 366 valence electrons. The molecule has 23 nitrogen and oxygen atoms in total. The molecule has 0 saturated carbocycles. The van der Waals surface area contributed by atoms with Crippen LogP contribution in [0.25, 0.3) is 22.1 Å². The summed E-state index contributed by atoms with van der Waals surface area (Å²) in [5.74, 6) is -1.42. The lowest BCUT2D eigenvalue weighted by atomic mass is 10.1. The van der Waals surface area contributed by atoms with Crippen molar-refractivity contribution in [2.75, 3.05) is 51.0 Å². The van der Waals surface area contributed by atoms with Crippen molar-refractivity contribution in [2.24, 2.45) is 11.5 Å². The molecule has 69 heavy (non-hydrogen) atoms. The molecule has 1 fully saturated rings. The third kappa shape index (κ3) is 11.3. The van der Waals surface area contributed by atoms with Crippen LogP contribution < -0.4 is 41.0 Å². The Balaban J connectivity index is 1.20. The summed E-state index contributed by atoms with van der Waals surface area (Å²) >= 11 is 0. The number of carbonyl (C=O) groups excluding carboxylic acids is 4. The van der Waals surface area contributed by atoms with E-state index < -0.39 is 33.8 Å². The minimum absolute atomic E-state index is 0.105. The van der Waals surface area contributed by atoms with Gasteiger partial charge in [0.25, 0.3) is 22.0 Å². The average Bonchev–Trinajstić information content (AvgIpc) is 4.09. The third-order valence-electron chi connectivity index (χ3n) is 11.5. The van der Waals surface area contributed by atoms with Crippen molar-refractivity contribution in [3.63, 3.8) is 0 Å². The lowest BCUT2D eigenvalue weighted by Crippen LogP contribution is -2.47. The first kappa shape index (κ1) is 49.5. The molecular weight excluding hydrogens is 911 g/mol. The van der Waals surface area contributed by atoms with E-state index in [1.807, 2.05) is 38.2 Å². The fraction of sp³-hybridized carbons (Fsp3) is 0.378. The van der Waals surface area contributed by atoms with E-state index in [1.54, 1.807) is 44.5 Å². The van der Waals surface area contributed by atoms with E-state index in [1.165, 1.54) is 38.4 Å². The lowest BCUT2D eigenvalue weighted by molar-refractivity contribution is 0.0991. The van der Waals surface area contributed by atoms with Crippen LogP contribution in [0.15, 0.2) is 60.7 Å². The number of primary amides is 2. The van der Waals surface area contributed by atoms with Crippen molar-refractivity contribution in [3.05, 3.63) is 94.6 Å². The molecule has 8 N–H and O–H groups in total. The maximum atomic E-state index is 13.9. The zero-order valence-corrected chi connectivity index (χ0v) is 40.1. The van der Waals surface area contributed by atoms with Gasteiger partial charge in [0, 0.05) is 56.9 Å². The number of hydrogen-bond donors (Lipinski definition) is 6. The van der Waals surface area contributed by atoms with Gasteiger partial charge in [0.05, 0.1) is 29.5 Å². The Bertz CT molecular complexity index is 3080. The van der Waals surface area contributed by atoms with Gasteiger partial charge in [0.1, 0.15) is 40.5 Å². The predicted octanol–water partition coefficient (Wildman–Crippen LogP) is 2.86. The van der Waals surface area contributed by atoms with Crippen LogP contribution in [0.5, 0.6) is 11.5 Å². The molecule has 1 aliphatic heterocycles. The number of amides is 4. The molecule has 5 heterocycles. The highest BCUT2D eigenvalue weighted by atomic mass is 32.2. The number of likely N-dealkylation sites (tertiary alicyclic amines) is 1. The van der Waals surface area contributed by atoms with Crippen LogP contribution >= 0.6 is 0 Å². The number of nitrogens with zero attached hydrogens (tertiary/aromatic N) is 9. The number of benzene rings is 2. The van der Waals surface area contributed by atoms with Crippen molar-refractivity contribution < 1.29 is 37.1 Å². The number of carbonyl (C=O) groups is 4. The zero-order chi connectivity index (χ0) is 49.6. The monoisotopic (exact) mass is 967 g/mol. The Labute approximate surface area is 398 Å². The summed E-state index contributed by atoms with van der Waals surface area (Å²) in [6.07, 6.45) is 8.78. The number of hydrogen-bond acceptors (Lipinski definition) is 13. The number of nitrogens with one attached hydrogen (secondary N) is 4. The minimum Gasteiger partial charge on any atom is -0.494 e. The molecule has 7 rings (SSSR count).